The quantitative estimate of drug-likeness (QED) is 0.526. The van der Waals surface area contributed by atoms with Crippen LogP contribution in [0.15, 0.2) is 30.3 Å². The van der Waals surface area contributed by atoms with Gasteiger partial charge < -0.3 is 0 Å². The van der Waals surface area contributed by atoms with Crippen molar-refractivity contribution in [2.75, 3.05) is 0 Å². The van der Waals surface area contributed by atoms with E-state index in [-0.39, 0.29) is 11.5 Å². The highest BCUT2D eigenvalue weighted by molar-refractivity contribution is 5.20. The summed E-state index contributed by atoms with van der Waals surface area (Å²) in [7, 11) is 0. The highest BCUT2D eigenvalue weighted by atomic mass is 17.2. The van der Waals surface area contributed by atoms with Gasteiger partial charge in [0.2, 0.25) is 0 Å². The molecule has 2 heteroatoms. The van der Waals surface area contributed by atoms with Crippen LogP contribution in [0.4, 0.5) is 0 Å². The molecule has 19 heavy (non-hydrogen) atoms. The van der Waals surface area contributed by atoms with Crippen molar-refractivity contribution >= 4 is 0 Å². The third-order valence-electron chi connectivity index (χ3n) is 3.36. The zero-order valence-electron chi connectivity index (χ0n) is 13.2. The molecule has 0 spiro atoms. The average Bonchev–Trinajstić information content (AvgIpc) is 2.34. The van der Waals surface area contributed by atoms with Crippen molar-refractivity contribution in [3.8, 4) is 0 Å². The summed E-state index contributed by atoms with van der Waals surface area (Å²) in [5.74, 6) is 0. The predicted octanol–water partition coefficient (Wildman–Crippen LogP) is 5.08. The van der Waals surface area contributed by atoms with E-state index in [1.165, 1.54) is 0 Å². The largest absolute Gasteiger partial charge is 0.232 e. The molecule has 1 unspecified atom stereocenters. The van der Waals surface area contributed by atoms with Crippen LogP contribution in [0.2, 0.25) is 0 Å². The maximum absolute atomic E-state index is 5.77. The standard InChI is InChI=1S/C17H28O2/c1-7-11-15(16(2,3)4)18-19-17(5,6)14-12-9-8-10-13-14/h8-10,12-13,15H,7,11H2,1-6H3. The molecule has 1 atom stereocenters. The van der Waals surface area contributed by atoms with Gasteiger partial charge in [0.25, 0.3) is 0 Å². The van der Waals surface area contributed by atoms with Crippen LogP contribution in [0, 0.1) is 5.41 Å². The van der Waals surface area contributed by atoms with Gasteiger partial charge in [-0.1, -0.05) is 64.4 Å². The second-order valence-electron chi connectivity index (χ2n) is 6.70. The molecular formula is C17H28O2. The van der Waals surface area contributed by atoms with E-state index < -0.39 is 5.60 Å². The van der Waals surface area contributed by atoms with Crippen molar-refractivity contribution in [3.63, 3.8) is 0 Å². The van der Waals surface area contributed by atoms with Gasteiger partial charge in [-0.2, -0.15) is 0 Å². The lowest BCUT2D eigenvalue weighted by Crippen LogP contribution is -2.33. The van der Waals surface area contributed by atoms with Crippen molar-refractivity contribution in [2.24, 2.45) is 5.41 Å². The van der Waals surface area contributed by atoms with Crippen molar-refractivity contribution in [3.05, 3.63) is 35.9 Å². The summed E-state index contributed by atoms with van der Waals surface area (Å²) in [6.07, 6.45) is 2.21. The third kappa shape index (κ3) is 4.96. The molecular weight excluding hydrogens is 236 g/mol. The van der Waals surface area contributed by atoms with Gasteiger partial charge in [0.05, 0.1) is 6.10 Å². The minimum Gasteiger partial charge on any atom is -0.232 e. The van der Waals surface area contributed by atoms with Crippen LogP contribution < -0.4 is 0 Å². The van der Waals surface area contributed by atoms with E-state index >= 15 is 0 Å². The highest BCUT2D eigenvalue weighted by Crippen LogP contribution is 2.30. The molecule has 1 aromatic rings. The Morgan fingerprint density at radius 3 is 2.05 bits per heavy atom. The molecule has 0 saturated carbocycles. The Kier molecular flexibility index (Phi) is 5.57. The molecule has 0 aromatic heterocycles. The Morgan fingerprint density at radius 1 is 1.00 bits per heavy atom. The maximum Gasteiger partial charge on any atom is 0.123 e. The molecule has 108 valence electrons. The van der Waals surface area contributed by atoms with E-state index in [1.54, 1.807) is 0 Å². The van der Waals surface area contributed by atoms with Gasteiger partial charge in [0.15, 0.2) is 0 Å². The van der Waals surface area contributed by atoms with Crippen LogP contribution in [0.1, 0.15) is 59.9 Å². The zero-order chi connectivity index (χ0) is 14.5. The third-order valence-corrected chi connectivity index (χ3v) is 3.36. The summed E-state index contributed by atoms with van der Waals surface area (Å²) in [6, 6.07) is 10.2. The molecule has 0 aliphatic carbocycles. The lowest BCUT2D eigenvalue weighted by molar-refractivity contribution is -0.395. The fourth-order valence-corrected chi connectivity index (χ4v) is 1.95. The SMILES string of the molecule is CCCC(OOC(C)(C)c1ccccc1)C(C)(C)C. The Hall–Kier alpha value is -0.860. The molecule has 0 amide bonds. The first-order valence-electron chi connectivity index (χ1n) is 7.17. The Morgan fingerprint density at radius 2 is 1.58 bits per heavy atom. The van der Waals surface area contributed by atoms with Gasteiger partial charge in [-0.05, 0) is 31.2 Å². The van der Waals surface area contributed by atoms with Gasteiger partial charge in [0.1, 0.15) is 5.60 Å². The minimum atomic E-state index is -0.432. The Labute approximate surface area is 118 Å². The summed E-state index contributed by atoms with van der Waals surface area (Å²) in [6.45, 7) is 12.8. The van der Waals surface area contributed by atoms with E-state index in [0.717, 1.165) is 18.4 Å². The predicted molar refractivity (Wildman–Crippen MR) is 79.8 cm³/mol. The molecule has 1 aromatic carbocycles. The first-order valence-corrected chi connectivity index (χ1v) is 7.17. The Balaban J connectivity index is 2.68. The average molecular weight is 264 g/mol. The topological polar surface area (TPSA) is 18.5 Å². The first-order chi connectivity index (χ1) is 8.77. The second-order valence-corrected chi connectivity index (χ2v) is 6.70. The van der Waals surface area contributed by atoms with Gasteiger partial charge in [0, 0.05) is 0 Å². The lowest BCUT2D eigenvalue weighted by atomic mass is 9.87. The Bertz CT molecular complexity index is 363. The molecule has 0 aliphatic heterocycles. The van der Waals surface area contributed by atoms with Crippen molar-refractivity contribution in [1.29, 1.82) is 0 Å². The first kappa shape index (κ1) is 16.2. The van der Waals surface area contributed by atoms with Gasteiger partial charge in [-0.25, -0.2) is 9.78 Å². The van der Waals surface area contributed by atoms with E-state index in [0.29, 0.717) is 0 Å². The monoisotopic (exact) mass is 264 g/mol. The van der Waals surface area contributed by atoms with Crippen LogP contribution in [-0.4, -0.2) is 6.10 Å². The number of hydrogen-bond acceptors (Lipinski definition) is 2. The van der Waals surface area contributed by atoms with E-state index in [1.807, 2.05) is 32.0 Å². The van der Waals surface area contributed by atoms with Crippen molar-refractivity contribution in [2.45, 2.75) is 66.1 Å². The lowest BCUT2D eigenvalue weighted by Gasteiger charge is -2.33. The summed E-state index contributed by atoms with van der Waals surface area (Å²) < 4.78 is 0. The minimum absolute atomic E-state index is 0.0861. The van der Waals surface area contributed by atoms with Crippen molar-refractivity contribution < 1.29 is 9.78 Å². The molecule has 0 bridgehead atoms. The smallest absolute Gasteiger partial charge is 0.123 e. The van der Waals surface area contributed by atoms with E-state index in [4.69, 9.17) is 9.78 Å². The van der Waals surface area contributed by atoms with Crippen molar-refractivity contribution in [1.82, 2.24) is 0 Å². The van der Waals surface area contributed by atoms with Crippen LogP contribution >= 0.6 is 0 Å². The van der Waals surface area contributed by atoms with E-state index in [2.05, 4.69) is 39.8 Å². The van der Waals surface area contributed by atoms with E-state index in [9.17, 15) is 0 Å². The number of rotatable bonds is 6. The van der Waals surface area contributed by atoms with Crippen LogP contribution in [0.25, 0.3) is 0 Å². The molecule has 0 heterocycles. The molecule has 0 aliphatic rings. The molecule has 2 nitrogen and oxygen atoms in total. The molecule has 0 radical (unpaired) electrons. The number of benzene rings is 1. The fraction of sp³-hybridized carbons (Fsp3) is 0.647. The summed E-state index contributed by atoms with van der Waals surface area (Å²) >= 11 is 0. The zero-order valence-corrected chi connectivity index (χ0v) is 13.2. The summed E-state index contributed by atoms with van der Waals surface area (Å²) in [5.41, 5.74) is 0.778. The molecule has 1 rings (SSSR count). The highest BCUT2D eigenvalue weighted by Gasteiger charge is 2.30. The van der Waals surface area contributed by atoms with Gasteiger partial charge in [-0.3, -0.25) is 0 Å². The fourth-order valence-electron chi connectivity index (χ4n) is 1.95. The van der Waals surface area contributed by atoms with Gasteiger partial charge in [-0.15, -0.1) is 0 Å². The summed E-state index contributed by atoms with van der Waals surface area (Å²) in [4.78, 5) is 11.5. The molecule has 0 saturated heterocycles. The molecule has 0 fully saturated rings. The second kappa shape index (κ2) is 6.53. The number of hydrogen-bond donors (Lipinski definition) is 0. The normalized spacial score (nSPS) is 14.4. The van der Waals surface area contributed by atoms with Crippen LogP contribution in [0.5, 0.6) is 0 Å². The van der Waals surface area contributed by atoms with Gasteiger partial charge >= 0.3 is 0 Å². The molecule has 0 N–H and O–H groups in total. The van der Waals surface area contributed by atoms with Crippen LogP contribution in [-0.2, 0) is 15.4 Å². The summed E-state index contributed by atoms with van der Waals surface area (Å²) in [5, 5.41) is 0. The van der Waals surface area contributed by atoms with Crippen LogP contribution in [0.3, 0.4) is 0 Å². The maximum atomic E-state index is 5.77.